The maximum atomic E-state index is 14.0. The Hall–Kier alpha value is -2.24. The Labute approximate surface area is 157 Å². The van der Waals surface area contributed by atoms with Crippen molar-refractivity contribution < 1.29 is 18.4 Å². The van der Waals surface area contributed by atoms with Crippen LogP contribution in [0.3, 0.4) is 0 Å². The summed E-state index contributed by atoms with van der Waals surface area (Å²) in [5.41, 5.74) is 5.52. The maximum absolute atomic E-state index is 14.0. The fourth-order valence-electron chi connectivity index (χ4n) is 5.95. The van der Waals surface area contributed by atoms with E-state index < -0.39 is 29.0 Å². The first-order chi connectivity index (χ1) is 12.8. The van der Waals surface area contributed by atoms with E-state index in [1.54, 1.807) is 6.08 Å². The molecule has 0 atom stereocenters. The van der Waals surface area contributed by atoms with Crippen LogP contribution in [0.4, 0.5) is 14.5 Å². The van der Waals surface area contributed by atoms with Gasteiger partial charge in [0.25, 0.3) is 5.91 Å². The molecule has 4 aliphatic rings. The third kappa shape index (κ3) is 3.26. The predicted octanol–water partition coefficient (Wildman–Crippen LogP) is 4.16. The topological polar surface area (TPSA) is 72.2 Å². The molecule has 4 fully saturated rings. The van der Waals surface area contributed by atoms with Crippen molar-refractivity contribution in [1.82, 2.24) is 0 Å². The zero-order valence-electron chi connectivity index (χ0n) is 15.4. The SMILES string of the molecule is C/C(=C/C(=O)Nc1cc(C(N)=O)c(F)cc1F)C12CC3CC(CC(C3)C1)C2. The molecule has 4 bridgehead atoms. The van der Waals surface area contributed by atoms with Gasteiger partial charge in [-0.3, -0.25) is 9.59 Å². The number of halogens is 2. The first-order valence-corrected chi connectivity index (χ1v) is 9.54. The molecular weight excluding hydrogens is 350 g/mol. The molecule has 0 saturated heterocycles. The molecule has 0 radical (unpaired) electrons. The summed E-state index contributed by atoms with van der Waals surface area (Å²) in [6.45, 7) is 1.99. The van der Waals surface area contributed by atoms with Crippen molar-refractivity contribution >= 4 is 17.5 Å². The highest BCUT2D eigenvalue weighted by Gasteiger charge is 2.51. The molecular formula is C21H24F2N2O2. The van der Waals surface area contributed by atoms with E-state index in [9.17, 15) is 18.4 Å². The highest BCUT2D eigenvalue weighted by molar-refractivity contribution is 6.01. The molecule has 2 amide bonds. The molecule has 6 heteroatoms. The quantitative estimate of drug-likeness (QED) is 0.777. The van der Waals surface area contributed by atoms with Crippen LogP contribution in [0.25, 0.3) is 0 Å². The molecule has 5 rings (SSSR count). The number of hydrogen-bond acceptors (Lipinski definition) is 2. The van der Waals surface area contributed by atoms with Gasteiger partial charge in [-0.2, -0.15) is 0 Å². The number of hydrogen-bond donors (Lipinski definition) is 2. The molecule has 4 saturated carbocycles. The molecule has 0 aliphatic heterocycles. The van der Waals surface area contributed by atoms with E-state index >= 15 is 0 Å². The van der Waals surface area contributed by atoms with Crippen LogP contribution < -0.4 is 11.1 Å². The van der Waals surface area contributed by atoms with E-state index in [-0.39, 0.29) is 11.1 Å². The van der Waals surface area contributed by atoms with E-state index in [0.29, 0.717) is 6.07 Å². The van der Waals surface area contributed by atoms with Gasteiger partial charge in [-0.25, -0.2) is 8.78 Å². The number of nitrogens with two attached hydrogens (primary N) is 1. The van der Waals surface area contributed by atoms with Crippen molar-refractivity contribution in [2.75, 3.05) is 5.32 Å². The van der Waals surface area contributed by atoms with E-state index in [0.717, 1.165) is 48.7 Å². The Morgan fingerprint density at radius 3 is 2.15 bits per heavy atom. The molecule has 0 heterocycles. The fourth-order valence-corrected chi connectivity index (χ4v) is 5.95. The summed E-state index contributed by atoms with van der Waals surface area (Å²) in [4.78, 5) is 23.7. The van der Waals surface area contributed by atoms with Crippen molar-refractivity contribution in [3.05, 3.63) is 41.0 Å². The van der Waals surface area contributed by atoms with E-state index in [1.807, 2.05) is 6.92 Å². The van der Waals surface area contributed by atoms with Gasteiger partial charge in [0.05, 0.1) is 11.3 Å². The molecule has 4 nitrogen and oxygen atoms in total. The second kappa shape index (κ2) is 6.43. The summed E-state index contributed by atoms with van der Waals surface area (Å²) in [6, 6.07) is 1.50. The highest BCUT2D eigenvalue weighted by atomic mass is 19.1. The lowest BCUT2D eigenvalue weighted by Gasteiger charge is -2.57. The van der Waals surface area contributed by atoms with Crippen LogP contribution in [-0.4, -0.2) is 11.8 Å². The predicted molar refractivity (Wildman–Crippen MR) is 97.9 cm³/mol. The van der Waals surface area contributed by atoms with Crippen LogP contribution in [0, 0.1) is 34.8 Å². The number of anilines is 1. The number of primary amides is 1. The Bertz CT molecular complexity index is 812. The van der Waals surface area contributed by atoms with Crippen molar-refractivity contribution in [3.63, 3.8) is 0 Å². The summed E-state index contributed by atoms with van der Waals surface area (Å²) in [7, 11) is 0. The van der Waals surface area contributed by atoms with Gasteiger partial charge in [-0.1, -0.05) is 5.57 Å². The molecule has 3 N–H and O–H groups in total. The first kappa shape index (κ1) is 18.1. The van der Waals surface area contributed by atoms with Gasteiger partial charge in [-0.15, -0.1) is 0 Å². The lowest BCUT2D eigenvalue weighted by atomic mass is 9.48. The minimum atomic E-state index is -1.04. The van der Waals surface area contributed by atoms with Gasteiger partial charge in [0, 0.05) is 12.1 Å². The van der Waals surface area contributed by atoms with Crippen molar-refractivity contribution in [2.24, 2.45) is 28.9 Å². The second-order valence-corrected chi connectivity index (χ2v) is 8.69. The van der Waals surface area contributed by atoms with Gasteiger partial charge in [0.1, 0.15) is 11.6 Å². The number of allylic oxidation sites excluding steroid dienone is 1. The summed E-state index contributed by atoms with van der Waals surface area (Å²) < 4.78 is 27.6. The summed E-state index contributed by atoms with van der Waals surface area (Å²) in [5, 5.41) is 2.43. The molecule has 1 aromatic rings. The Morgan fingerprint density at radius 1 is 1.07 bits per heavy atom. The lowest BCUT2D eigenvalue weighted by Crippen LogP contribution is -2.46. The van der Waals surface area contributed by atoms with Gasteiger partial charge in [-0.05, 0) is 74.7 Å². The molecule has 1 aromatic carbocycles. The minimum Gasteiger partial charge on any atom is -0.366 e. The average molecular weight is 374 g/mol. The monoisotopic (exact) mass is 374 g/mol. The number of amides is 2. The Morgan fingerprint density at radius 2 is 1.63 bits per heavy atom. The molecule has 0 aromatic heterocycles. The average Bonchev–Trinajstić information content (AvgIpc) is 2.55. The second-order valence-electron chi connectivity index (χ2n) is 8.69. The first-order valence-electron chi connectivity index (χ1n) is 9.54. The molecule has 0 unspecified atom stereocenters. The smallest absolute Gasteiger partial charge is 0.251 e. The van der Waals surface area contributed by atoms with Crippen LogP contribution in [-0.2, 0) is 4.79 Å². The van der Waals surface area contributed by atoms with Crippen molar-refractivity contribution in [1.29, 1.82) is 0 Å². The van der Waals surface area contributed by atoms with Gasteiger partial charge >= 0.3 is 0 Å². The number of rotatable bonds is 4. The van der Waals surface area contributed by atoms with Gasteiger partial charge < -0.3 is 11.1 Å². The van der Waals surface area contributed by atoms with E-state index in [4.69, 9.17) is 5.73 Å². The fraction of sp³-hybridized carbons (Fsp3) is 0.524. The third-order valence-electron chi connectivity index (χ3n) is 6.80. The highest BCUT2D eigenvalue weighted by Crippen LogP contribution is 2.62. The molecule has 27 heavy (non-hydrogen) atoms. The molecule has 4 aliphatic carbocycles. The van der Waals surface area contributed by atoms with E-state index in [2.05, 4.69) is 5.32 Å². The van der Waals surface area contributed by atoms with Crippen LogP contribution in [0.5, 0.6) is 0 Å². The summed E-state index contributed by atoms with van der Waals surface area (Å²) >= 11 is 0. The van der Waals surface area contributed by atoms with Crippen LogP contribution >= 0.6 is 0 Å². The Balaban J connectivity index is 1.54. The van der Waals surface area contributed by atoms with Crippen LogP contribution in [0.2, 0.25) is 0 Å². The number of benzene rings is 1. The largest absolute Gasteiger partial charge is 0.366 e. The maximum Gasteiger partial charge on any atom is 0.251 e. The Kier molecular flexibility index (Phi) is 4.32. The summed E-state index contributed by atoms with van der Waals surface area (Å²) in [5.74, 6) is -1.18. The third-order valence-corrected chi connectivity index (χ3v) is 6.80. The molecule has 144 valence electrons. The zero-order chi connectivity index (χ0) is 19.3. The van der Waals surface area contributed by atoms with Crippen molar-refractivity contribution in [3.8, 4) is 0 Å². The minimum absolute atomic E-state index is 0.0891. The zero-order valence-corrected chi connectivity index (χ0v) is 15.4. The van der Waals surface area contributed by atoms with Gasteiger partial charge in [0.15, 0.2) is 0 Å². The van der Waals surface area contributed by atoms with Crippen LogP contribution in [0.1, 0.15) is 55.8 Å². The number of carbonyl (C=O) groups is 2. The normalized spacial score (nSPS) is 31.8. The van der Waals surface area contributed by atoms with E-state index in [1.165, 1.54) is 19.3 Å². The number of carbonyl (C=O) groups excluding carboxylic acids is 2. The summed E-state index contributed by atoms with van der Waals surface area (Å²) in [6.07, 6.45) is 8.88. The van der Waals surface area contributed by atoms with Crippen LogP contribution in [0.15, 0.2) is 23.8 Å². The number of nitrogens with one attached hydrogen (secondary N) is 1. The standard InChI is InChI=1S/C21H24F2N2O2/c1-11(21-8-12-3-13(9-21)5-14(4-12)10-21)2-19(26)25-18-6-15(20(24)27)16(22)7-17(18)23/h2,6-7,12-14H,3-5,8-10H2,1H3,(H2,24,27)(H,25,26)/b11-2-. The van der Waals surface area contributed by atoms with Crippen molar-refractivity contribution in [2.45, 2.75) is 45.4 Å². The lowest BCUT2D eigenvalue weighted by molar-refractivity contribution is -0.112. The molecule has 0 spiro atoms. The van der Waals surface area contributed by atoms with Gasteiger partial charge in [0.2, 0.25) is 5.91 Å².